The maximum Gasteiger partial charge on any atom is 0.230 e. The number of hydrogen-bond donors (Lipinski definition) is 3. The van der Waals surface area contributed by atoms with Crippen LogP contribution in [-0.4, -0.2) is 47.0 Å². The lowest BCUT2D eigenvalue weighted by molar-refractivity contribution is -0.123. The van der Waals surface area contributed by atoms with E-state index in [1.165, 1.54) is 0 Å². The lowest BCUT2D eigenvalue weighted by Crippen LogP contribution is -2.37. The highest BCUT2D eigenvalue weighted by Crippen LogP contribution is 2.27. The molecule has 0 aliphatic heterocycles. The van der Waals surface area contributed by atoms with Gasteiger partial charge in [-0.05, 0) is 43.9 Å². The number of para-hydroxylation sites is 1. The highest BCUT2D eigenvalue weighted by atomic mass is 16.2. The Hall–Kier alpha value is -3.26. The standard InChI is InChI=1S/C27H37N7O/c1-27(2,3)25(35)32-23-18(9-8-16-28-23)17-29-19-12-14-20(15-13-19)30-26-31-22-11-7-6-10-21(22)24(33-26)34(4)5/h6-11,16,19-20,29H,12-15,17H2,1-5H3,(H,28,32,35)(H,30,31,33). The molecule has 0 unspecified atom stereocenters. The van der Waals surface area contributed by atoms with E-state index in [0.717, 1.165) is 48.0 Å². The minimum Gasteiger partial charge on any atom is -0.362 e. The molecular weight excluding hydrogens is 438 g/mol. The van der Waals surface area contributed by atoms with Crippen LogP contribution in [0, 0.1) is 5.41 Å². The predicted molar refractivity (Wildman–Crippen MR) is 143 cm³/mol. The van der Waals surface area contributed by atoms with E-state index in [0.29, 0.717) is 30.4 Å². The minimum absolute atomic E-state index is 0.0302. The zero-order chi connectivity index (χ0) is 25.0. The Morgan fingerprint density at radius 1 is 1.00 bits per heavy atom. The number of carbonyl (C=O) groups excluding carboxylic acids is 1. The van der Waals surface area contributed by atoms with Crippen molar-refractivity contribution < 1.29 is 4.79 Å². The van der Waals surface area contributed by atoms with Gasteiger partial charge < -0.3 is 20.9 Å². The van der Waals surface area contributed by atoms with Crippen LogP contribution in [-0.2, 0) is 11.3 Å². The van der Waals surface area contributed by atoms with E-state index in [2.05, 4.69) is 27.0 Å². The van der Waals surface area contributed by atoms with Gasteiger partial charge in [0.15, 0.2) is 0 Å². The number of nitrogens with one attached hydrogen (secondary N) is 3. The molecule has 1 saturated carbocycles. The highest BCUT2D eigenvalue weighted by Gasteiger charge is 2.24. The van der Waals surface area contributed by atoms with E-state index in [9.17, 15) is 4.79 Å². The summed E-state index contributed by atoms with van der Waals surface area (Å²) in [5, 5.41) is 11.3. The predicted octanol–water partition coefficient (Wildman–Crippen LogP) is 4.59. The number of fused-ring (bicyclic) bond motifs is 1. The summed E-state index contributed by atoms with van der Waals surface area (Å²) in [6.07, 6.45) is 5.94. The molecule has 186 valence electrons. The summed E-state index contributed by atoms with van der Waals surface area (Å²) < 4.78 is 0. The molecule has 3 aromatic rings. The molecule has 1 amide bonds. The van der Waals surface area contributed by atoms with Crippen LogP contribution in [0.25, 0.3) is 10.9 Å². The van der Waals surface area contributed by atoms with Gasteiger partial charge in [0.1, 0.15) is 11.6 Å². The Morgan fingerprint density at radius 2 is 1.71 bits per heavy atom. The van der Waals surface area contributed by atoms with Crippen LogP contribution < -0.4 is 20.9 Å². The van der Waals surface area contributed by atoms with Crippen LogP contribution >= 0.6 is 0 Å². The number of anilines is 3. The van der Waals surface area contributed by atoms with Gasteiger partial charge in [0, 0.05) is 55.3 Å². The average molecular weight is 476 g/mol. The third-order valence-corrected chi connectivity index (χ3v) is 6.45. The minimum atomic E-state index is -0.463. The summed E-state index contributed by atoms with van der Waals surface area (Å²) in [7, 11) is 4.02. The zero-order valence-electron chi connectivity index (χ0n) is 21.4. The number of pyridine rings is 1. The van der Waals surface area contributed by atoms with Crippen LogP contribution in [0.2, 0.25) is 0 Å². The number of hydrogen-bond acceptors (Lipinski definition) is 7. The molecule has 0 radical (unpaired) electrons. The number of rotatable bonds is 7. The fourth-order valence-electron chi connectivity index (χ4n) is 4.33. The first kappa shape index (κ1) is 24.9. The quantitative estimate of drug-likeness (QED) is 0.460. The lowest BCUT2D eigenvalue weighted by Gasteiger charge is -2.30. The first-order valence-corrected chi connectivity index (χ1v) is 12.4. The molecule has 0 spiro atoms. The molecular formula is C27H37N7O. The van der Waals surface area contributed by atoms with Gasteiger partial charge in [-0.25, -0.2) is 9.97 Å². The van der Waals surface area contributed by atoms with E-state index in [1.54, 1.807) is 6.20 Å². The van der Waals surface area contributed by atoms with Crippen molar-refractivity contribution in [3.8, 4) is 0 Å². The number of aromatic nitrogens is 3. The number of amides is 1. The molecule has 4 rings (SSSR count). The molecule has 8 nitrogen and oxygen atoms in total. The van der Waals surface area contributed by atoms with Crippen molar-refractivity contribution in [1.29, 1.82) is 0 Å². The Kier molecular flexibility index (Phi) is 7.50. The summed E-state index contributed by atoms with van der Waals surface area (Å²) in [5.41, 5.74) is 1.50. The summed E-state index contributed by atoms with van der Waals surface area (Å²) in [6, 6.07) is 12.8. The van der Waals surface area contributed by atoms with Crippen molar-refractivity contribution >= 4 is 34.4 Å². The van der Waals surface area contributed by atoms with E-state index >= 15 is 0 Å². The number of benzene rings is 1. The first-order chi connectivity index (χ1) is 16.7. The van der Waals surface area contributed by atoms with Crippen molar-refractivity contribution in [3.05, 3.63) is 48.2 Å². The van der Waals surface area contributed by atoms with E-state index in [1.807, 2.05) is 70.1 Å². The second kappa shape index (κ2) is 10.6. The molecule has 1 fully saturated rings. The van der Waals surface area contributed by atoms with Crippen LogP contribution in [0.1, 0.15) is 52.0 Å². The molecule has 8 heteroatoms. The van der Waals surface area contributed by atoms with Gasteiger partial charge >= 0.3 is 0 Å². The molecule has 1 aliphatic carbocycles. The van der Waals surface area contributed by atoms with Crippen molar-refractivity contribution in [2.45, 2.75) is 65.1 Å². The van der Waals surface area contributed by atoms with Gasteiger partial charge in [-0.3, -0.25) is 4.79 Å². The van der Waals surface area contributed by atoms with Gasteiger partial charge in [-0.2, -0.15) is 4.98 Å². The molecule has 0 bridgehead atoms. The lowest BCUT2D eigenvalue weighted by atomic mass is 9.91. The van der Waals surface area contributed by atoms with Crippen LogP contribution in [0.5, 0.6) is 0 Å². The van der Waals surface area contributed by atoms with Gasteiger partial charge in [0.05, 0.1) is 5.52 Å². The van der Waals surface area contributed by atoms with Gasteiger partial charge in [-0.15, -0.1) is 0 Å². The monoisotopic (exact) mass is 475 g/mol. The fraction of sp³-hybridized carbons (Fsp3) is 0.481. The van der Waals surface area contributed by atoms with Crippen molar-refractivity contribution in [2.24, 2.45) is 5.41 Å². The second-order valence-corrected chi connectivity index (χ2v) is 10.6. The summed E-state index contributed by atoms with van der Waals surface area (Å²) in [5.74, 6) is 2.23. The molecule has 1 aromatic carbocycles. The molecule has 3 N–H and O–H groups in total. The number of carbonyl (C=O) groups is 1. The van der Waals surface area contributed by atoms with Gasteiger partial charge in [0.2, 0.25) is 11.9 Å². The van der Waals surface area contributed by atoms with Crippen LogP contribution in [0.4, 0.5) is 17.6 Å². The summed E-state index contributed by atoms with van der Waals surface area (Å²) >= 11 is 0. The van der Waals surface area contributed by atoms with Gasteiger partial charge in [0.25, 0.3) is 0 Å². The van der Waals surface area contributed by atoms with Crippen LogP contribution in [0.15, 0.2) is 42.6 Å². The number of nitrogens with zero attached hydrogens (tertiary/aromatic N) is 4. The maximum atomic E-state index is 12.4. The first-order valence-electron chi connectivity index (χ1n) is 12.4. The Labute approximate surface area is 208 Å². The smallest absolute Gasteiger partial charge is 0.230 e. The molecule has 1 aliphatic rings. The largest absolute Gasteiger partial charge is 0.362 e. The molecule has 0 atom stereocenters. The summed E-state index contributed by atoms with van der Waals surface area (Å²) in [6.45, 7) is 6.39. The van der Waals surface area contributed by atoms with E-state index in [-0.39, 0.29) is 5.91 Å². The normalized spacial score (nSPS) is 18.3. The Morgan fingerprint density at radius 3 is 2.43 bits per heavy atom. The average Bonchev–Trinajstić information content (AvgIpc) is 2.83. The molecule has 0 saturated heterocycles. The fourth-order valence-corrected chi connectivity index (χ4v) is 4.33. The molecule has 2 aromatic heterocycles. The third kappa shape index (κ3) is 6.25. The SMILES string of the molecule is CN(C)c1nc(NC2CCC(NCc3cccnc3NC(=O)C(C)(C)C)CC2)nc2ccccc12. The zero-order valence-corrected chi connectivity index (χ0v) is 21.4. The molecule has 35 heavy (non-hydrogen) atoms. The topological polar surface area (TPSA) is 95.1 Å². The van der Waals surface area contributed by atoms with Gasteiger partial charge in [-0.1, -0.05) is 39.0 Å². The van der Waals surface area contributed by atoms with Crippen molar-refractivity contribution in [3.63, 3.8) is 0 Å². The highest BCUT2D eigenvalue weighted by molar-refractivity contribution is 5.94. The maximum absolute atomic E-state index is 12.4. The summed E-state index contributed by atoms with van der Waals surface area (Å²) in [4.78, 5) is 28.4. The molecule has 2 heterocycles. The third-order valence-electron chi connectivity index (χ3n) is 6.45. The van der Waals surface area contributed by atoms with E-state index in [4.69, 9.17) is 9.97 Å². The Bertz CT molecular complexity index is 1160. The van der Waals surface area contributed by atoms with Crippen molar-refractivity contribution in [2.75, 3.05) is 29.6 Å². The second-order valence-electron chi connectivity index (χ2n) is 10.6. The Balaban J connectivity index is 1.32. The van der Waals surface area contributed by atoms with E-state index < -0.39 is 5.41 Å². The van der Waals surface area contributed by atoms with Crippen molar-refractivity contribution in [1.82, 2.24) is 20.3 Å². The van der Waals surface area contributed by atoms with Crippen LogP contribution in [0.3, 0.4) is 0 Å².